The van der Waals surface area contributed by atoms with Gasteiger partial charge in [0.15, 0.2) is 0 Å². The number of nitrogens with zero attached hydrogens (tertiary/aromatic N) is 1. The number of carbonyl (C=O) groups is 2. The SMILES string of the molecule is C[C@@H]1[C@H](NC(=O)c2ccc(-c3ccc(NC(=O)C(F)F)cc3)s2)C2CCN1CC2. The average molecular weight is 419 g/mol. The molecule has 4 heterocycles. The molecular formula is C21H23F2N3O2S. The molecule has 2 bridgehead atoms. The molecule has 5 rings (SSSR count). The van der Waals surface area contributed by atoms with Gasteiger partial charge in [-0.2, -0.15) is 8.78 Å². The second-order valence-electron chi connectivity index (χ2n) is 7.64. The summed E-state index contributed by atoms with van der Waals surface area (Å²) in [6.45, 7) is 4.43. The van der Waals surface area contributed by atoms with Gasteiger partial charge in [-0.15, -0.1) is 11.3 Å². The van der Waals surface area contributed by atoms with E-state index in [1.54, 1.807) is 24.3 Å². The monoisotopic (exact) mass is 419 g/mol. The lowest BCUT2D eigenvalue weighted by atomic mass is 9.79. The molecule has 3 fully saturated rings. The number of fused-ring (bicyclic) bond motifs is 3. The molecule has 5 nitrogen and oxygen atoms in total. The fourth-order valence-electron chi connectivity index (χ4n) is 4.30. The summed E-state index contributed by atoms with van der Waals surface area (Å²) in [5, 5.41) is 5.39. The van der Waals surface area contributed by atoms with Gasteiger partial charge in [-0.25, -0.2) is 0 Å². The van der Waals surface area contributed by atoms with Crippen LogP contribution in [0.15, 0.2) is 36.4 Å². The summed E-state index contributed by atoms with van der Waals surface area (Å²) in [4.78, 5) is 27.9. The van der Waals surface area contributed by atoms with Crippen LogP contribution in [0.5, 0.6) is 0 Å². The Labute approximate surface area is 172 Å². The van der Waals surface area contributed by atoms with Gasteiger partial charge < -0.3 is 10.6 Å². The quantitative estimate of drug-likeness (QED) is 0.774. The summed E-state index contributed by atoms with van der Waals surface area (Å²) in [6, 6.07) is 10.9. The Bertz CT molecular complexity index is 890. The second-order valence-corrected chi connectivity index (χ2v) is 8.73. The van der Waals surface area contributed by atoms with Gasteiger partial charge in [0, 0.05) is 22.6 Å². The van der Waals surface area contributed by atoms with E-state index in [2.05, 4.69) is 22.5 Å². The van der Waals surface area contributed by atoms with Crippen LogP contribution in [-0.2, 0) is 4.79 Å². The van der Waals surface area contributed by atoms with E-state index in [0.29, 0.717) is 22.5 Å². The summed E-state index contributed by atoms with van der Waals surface area (Å²) >= 11 is 1.40. The number of hydrogen-bond acceptors (Lipinski definition) is 4. The zero-order chi connectivity index (χ0) is 20.5. The van der Waals surface area contributed by atoms with Crippen molar-refractivity contribution in [3.8, 4) is 10.4 Å². The maximum absolute atomic E-state index is 12.8. The number of halogens is 2. The van der Waals surface area contributed by atoms with E-state index in [1.807, 2.05) is 12.1 Å². The molecule has 0 saturated carbocycles. The Kier molecular flexibility index (Phi) is 5.65. The first-order valence-electron chi connectivity index (χ1n) is 9.76. The lowest BCUT2D eigenvalue weighted by molar-refractivity contribution is -0.126. The largest absolute Gasteiger partial charge is 0.347 e. The van der Waals surface area contributed by atoms with E-state index in [4.69, 9.17) is 0 Å². The molecule has 1 aromatic carbocycles. The first-order valence-corrected chi connectivity index (χ1v) is 10.6. The van der Waals surface area contributed by atoms with Gasteiger partial charge >= 0.3 is 6.43 Å². The number of alkyl halides is 2. The molecule has 0 aliphatic carbocycles. The molecule has 0 spiro atoms. The molecule has 29 heavy (non-hydrogen) atoms. The van der Waals surface area contributed by atoms with E-state index in [0.717, 1.165) is 36.4 Å². The molecule has 2 N–H and O–H groups in total. The van der Waals surface area contributed by atoms with Crippen molar-refractivity contribution in [2.45, 2.75) is 38.3 Å². The minimum Gasteiger partial charge on any atom is -0.347 e. The van der Waals surface area contributed by atoms with E-state index in [1.165, 1.54) is 11.3 Å². The molecule has 3 aliphatic heterocycles. The Hall–Kier alpha value is -2.32. The van der Waals surface area contributed by atoms with E-state index in [9.17, 15) is 18.4 Å². The molecular weight excluding hydrogens is 396 g/mol. The van der Waals surface area contributed by atoms with Gasteiger partial charge in [0.25, 0.3) is 11.8 Å². The van der Waals surface area contributed by atoms with Crippen LogP contribution >= 0.6 is 11.3 Å². The minimum atomic E-state index is -3.05. The van der Waals surface area contributed by atoms with Crippen molar-refractivity contribution in [1.29, 1.82) is 0 Å². The average Bonchev–Trinajstić information content (AvgIpc) is 3.22. The molecule has 0 unspecified atom stereocenters. The van der Waals surface area contributed by atoms with Crippen molar-refractivity contribution < 1.29 is 18.4 Å². The van der Waals surface area contributed by atoms with Crippen LogP contribution in [0, 0.1) is 5.92 Å². The number of amides is 2. The molecule has 0 radical (unpaired) electrons. The van der Waals surface area contributed by atoms with Crippen molar-refractivity contribution in [1.82, 2.24) is 10.2 Å². The van der Waals surface area contributed by atoms with Crippen molar-refractivity contribution in [2.75, 3.05) is 18.4 Å². The topological polar surface area (TPSA) is 61.4 Å². The van der Waals surface area contributed by atoms with Crippen LogP contribution in [0.2, 0.25) is 0 Å². The van der Waals surface area contributed by atoms with E-state index >= 15 is 0 Å². The number of piperidine rings is 3. The van der Waals surface area contributed by atoms with Crippen molar-refractivity contribution in [3.05, 3.63) is 41.3 Å². The van der Waals surface area contributed by atoms with Gasteiger partial charge in [-0.3, -0.25) is 14.5 Å². The fraction of sp³-hybridized carbons (Fsp3) is 0.429. The van der Waals surface area contributed by atoms with Crippen LogP contribution in [0.3, 0.4) is 0 Å². The minimum absolute atomic E-state index is 0.0485. The standard InChI is InChI=1S/C21H23F2N3O2S/c1-12-18(14-8-10-26(12)11-9-14)25-20(27)17-7-6-16(29-17)13-2-4-15(5-3-13)24-21(28)19(22)23/h2-7,12,14,18-19H,8-11H2,1H3,(H,24,28)(H,25,27)/t12-,18+/m1/s1. The highest BCUT2D eigenvalue weighted by molar-refractivity contribution is 7.17. The first-order chi connectivity index (χ1) is 13.9. The highest BCUT2D eigenvalue weighted by Crippen LogP contribution is 2.33. The van der Waals surface area contributed by atoms with Crippen LogP contribution in [0.1, 0.15) is 29.4 Å². The van der Waals surface area contributed by atoms with Gasteiger partial charge in [0.2, 0.25) is 0 Å². The third-order valence-corrected chi connectivity index (χ3v) is 7.07. The summed E-state index contributed by atoms with van der Waals surface area (Å²) in [5.74, 6) is -0.822. The van der Waals surface area contributed by atoms with Gasteiger partial charge in [-0.05, 0) is 68.6 Å². The van der Waals surface area contributed by atoms with Crippen LogP contribution < -0.4 is 10.6 Å². The molecule has 8 heteroatoms. The van der Waals surface area contributed by atoms with Gasteiger partial charge in [-0.1, -0.05) is 12.1 Å². The lowest BCUT2D eigenvalue weighted by Gasteiger charge is -2.49. The Morgan fingerprint density at radius 1 is 1.10 bits per heavy atom. The maximum Gasteiger partial charge on any atom is 0.315 e. The van der Waals surface area contributed by atoms with Gasteiger partial charge in [0.1, 0.15) is 0 Å². The second kappa shape index (κ2) is 8.20. The normalized spacial score (nSPS) is 25.8. The van der Waals surface area contributed by atoms with Crippen molar-refractivity contribution in [2.24, 2.45) is 5.92 Å². The number of rotatable bonds is 5. The summed E-state index contributed by atoms with van der Waals surface area (Å²) in [6.07, 6.45) is -0.772. The Balaban J connectivity index is 1.41. The van der Waals surface area contributed by atoms with Crippen LogP contribution in [0.25, 0.3) is 10.4 Å². The molecule has 2 atom stereocenters. The number of nitrogens with one attached hydrogen (secondary N) is 2. The van der Waals surface area contributed by atoms with Crippen LogP contribution in [0.4, 0.5) is 14.5 Å². The number of anilines is 1. The summed E-state index contributed by atoms with van der Waals surface area (Å²) < 4.78 is 24.7. The first kappa shape index (κ1) is 20.0. The Morgan fingerprint density at radius 2 is 1.79 bits per heavy atom. The predicted molar refractivity (Wildman–Crippen MR) is 109 cm³/mol. The third-order valence-electron chi connectivity index (χ3n) is 5.94. The van der Waals surface area contributed by atoms with Crippen molar-refractivity contribution >= 4 is 28.8 Å². The highest BCUT2D eigenvalue weighted by Gasteiger charge is 2.40. The smallest absolute Gasteiger partial charge is 0.315 e. The van der Waals surface area contributed by atoms with E-state index < -0.39 is 12.3 Å². The number of carbonyl (C=O) groups excluding carboxylic acids is 2. The molecule has 3 aliphatic rings. The lowest BCUT2D eigenvalue weighted by Crippen LogP contribution is -2.62. The number of thiophene rings is 1. The van der Waals surface area contributed by atoms with Crippen LogP contribution in [-0.4, -0.2) is 48.3 Å². The zero-order valence-corrected chi connectivity index (χ0v) is 16.8. The molecule has 2 amide bonds. The van der Waals surface area contributed by atoms with Gasteiger partial charge in [0.05, 0.1) is 4.88 Å². The Morgan fingerprint density at radius 3 is 2.41 bits per heavy atom. The molecule has 3 saturated heterocycles. The highest BCUT2D eigenvalue weighted by atomic mass is 32.1. The third kappa shape index (κ3) is 4.18. The predicted octanol–water partition coefficient (Wildman–Crippen LogP) is 3.83. The summed E-state index contributed by atoms with van der Waals surface area (Å²) in [7, 11) is 0. The maximum atomic E-state index is 12.8. The van der Waals surface area contributed by atoms with Crippen molar-refractivity contribution in [3.63, 3.8) is 0 Å². The zero-order valence-electron chi connectivity index (χ0n) is 16.0. The number of benzene rings is 1. The number of hydrogen-bond donors (Lipinski definition) is 2. The summed E-state index contributed by atoms with van der Waals surface area (Å²) in [5.41, 5.74) is 1.17. The molecule has 154 valence electrons. The van der Waals surface area contributed by atoms with E-state index in [-0.39, 0.29) is 11.9 Å². The molecule has 1 aromatic heterocycles. The molecule has 2 aromatic rings. The fourth-order valence-corrected chi connectivity index (χ4v) is 5.21.